The SMILES string of the molecule is O=C(NCc1ccc(F)cc1)C1=CC2=NC(=S)N(CCCN3CCCC3=O)C(=O)C2C=C1. The number of rotatable bonds is 7. The van der Waals surface area contributed by atoms with Gasteiger partial charge in [0.15, 0.2) is 0 Å². The van der Waals surface area contributed by atoms with Gasteiger partial charge in [0, 0.05) is 38.2 Å². The highest BCUT2D eigenvalue weighted by molar-refractivity contribution is 7.80. The van der Waals surface area contributed by atoms with Crippen LogP contribution in [-0.4, -0.2) is 58.0 Å². The van der Waals surface area contributed by atoms with Crippen LogP contribution in [0.15, 0.2) is 53.1 Å². The zero-order valence-electron chi connectivity index (χ0n) is 17.4. The van der Waals surface area contributed by atoms with Gasteiger partial charge < -0.3 is 10.2 Å². The Bertz CT molecular complexity index is 1050. The Morgan fingerprint density at radius 1 is 1.22 bits per heavy atom. The number of nitrogens with one attached hydrogen (secondary N) is 1. The number of amides is 3. The van der Waals surface area contributed by atoms with Gasteiger partial charge in [-0.2, -0.15) is 0 Å². The Hall–Kier alpha value is -3.20. The van der Waals surface area contributed by atoms with Crippen LogP contribution in [-0.2, 0) is 20.9 Å². The molecule has 3 amide bonds. The predicted octanol–water partition coefficient (Wildman–Crippen LogP) is 2.13. The number of thiocarbonyl (C=S) groups is 1. The fourth-order valence-corrected chi connectivity index (χ4v) is 4.22. The molecule has 1 atom stereocenters. The fraction of sp³-hybridized carbons (Fsp3) is 0.348. The molecule has 3 aliphatic rings. The largest absolute Gasteiger partial charge is 0.348 e. The van der Waals surface area contributed by atoms with Gasteiger partial charge in [0.2, 0.25) is 16.9 Å². The van der Waals surface area contributed by atoms with Gasteiger partial charge in [-0.25, -0.2) is 9.38 Å². The van der Waals surface area contributed by atoms with Crippen molar-refractivity contribution in [3.63, 3.8) is 0 Å². The molecular formula is C23H23FN4O3S. The smallest absolute Gasteiger partial charge is 0.251 e. The molecule has 0 saturated carbocycles. The van der Waals surface area contributed by atoms with Crippen molar-refractivity contribution in [1.29, 1.82) is 0 Å². The molecule has 0 radical (unpaired) electrons. The van der Waals surface area contributed by atoms with Gasteiger partial charge in [0.05, 0.1) is 11.6 Å². The van der Waals surface area contributed by atoms with Crippen molar-refractivity contribution in [1.82, 2.24) is 15.1 Å². The molecule has 2 aliphatic heterocycles. The van der Waals surface area contributed by atoms with Gasteiger partial charge in [-0.1, -0.05) is 24.3 Å². The fourth-order valence-electron chi connectivity index (χ4n) is 3.93. The summed E-state index contributed by atoms with van der Waals surface area (Å²) in [6.07, 6.45) is 6.95. The van der Waals surface area contributed by atoms with E-state index in [-0.39, 0.29) is 35.2 Å². The third-order valence-corrected chi connectivity index (χ3v) is 6.00. The van der Waals surface area contributed by atoms with Gasteiger partial charge in [-0.15, -0.1) is 0 Å². The van der Waals surface area contributed by atoms with E-state index in [9.17, 15) is 18.8 Å². The summed E-state index contributed by atoms with van der Waals surface area (Å²) in [5.74, 6) is -1.25. The molecule has 1 N–H and O–H groups in total. The van der Waals surface area contributed by atoms with Crippen molar-refractivity contribution >= 4 is 40.8 Å². The van der Waals surface area contributed by atoms with E-state index < -0.39 is 5.92 Å². The third kappa shape index (κ3) is 4.83. The van der Waals surface area contributed by atoms with Crippen LogP contribution in [0.2, 0.25) is 0 Å². The first-order valence-corrected chi connectivity index (χ1v) is 11.0. The number of fused-ring (bicyclic) bond motifs is 1. The van der Waals surface area contributed by atoms with Crippen molar-refractivity contribution in [2.75, 3.05) is 19.6 Å². The van der Waals surface area contributed by atoms with Crippen molar-refractivity contribution < 1.29 is 18.8 Å². The van der Waals surface area contributed by atoms with Crippen LogP contribution in [0.1, 0.15) is 24.8 Å². The summed E-state index contributed by atoms with van der Waals surface area (Å²) in [5, 5.41) is 2.95. The minimum absolute atomic E-state index is 0.156. The summed E-state index contributed by atoms with van der Waals surface area (Å²) in [6.45, 7) is 2.02. The summed E-state index contributed by atoms with van der Waals surface area (Å²) in [4.78, 5) is 44.9. The van der Waals surface area contributed by atoms with E-state index >= 15 is 0 Å². The van der Waals surface area contributed by atoms with E-state index in [4.69, 9.17) is 12.2 Å². The van der Waals surface area contributed by atoms with Crippen LogP contribution >= 0.6 is 12.2 Å². The highest BCUT2D eigenvalue weighted by Crippen LogP contribution is 2.23. The van der Waals surface area contributed by atoms with E-state index in [1.807, 2.05) is 4.90 Å². The molecule has 1 fully saturated rings. The molecule has 1 saturated heterocycles. The topological polar surface area (TPSA) is 82.1 Å². The summed E-state index contributed by atoms with van der Waals surface area (Å²) in [7, 11) is 0. The van der Waals surface area contributed by atoms with E-state index in [1.54, 1.807) is 30.4 Å². The highest BCUT2D eigenvalue weighted by Gasteiger charge is 2.35. The lowest BCUT2D eigenvalue weighted by Gasteiger charge is -2.31. The molecule has 2 heterocycles. The Morgan fingerprint density at radius 3 is 2.72 bits per heavy atom. The number of aliphatic imine (C=N–C) groups is 1. The van der Waals surface area contributed by atoms with Gasteiger partial charge >= 0.3 is 0 Å². The van der Waals surface area contributed by atoms with Crippen LogP contribution in [0.25, 0.3) is 0 Å². The van der Waals surface area contributed by atoms with Crippen molar-refractivity contribution in [2.45, 2.75) is 25.8 Å². The second-order valence-electron chi connectivity index (χ2n) is 7.89. The molecule has 1 aliphatic carbocycles. The second kappa shape index (κ2) is 9.52. The Morgan fingerprint density at radius 2 is 2.00 bits per heavy atom. The average molecular weight is 455 g/mol. The summed E-state index contributed by atoms with van der Waals surface area (Å²) in [5.41, 5.74) is 1.59. The van der Waals surface area contributed by atoms with Crippen molar-refractivity contribution in [3.8, 4) is 0 Å². The van der Waals surface area contributed by atoms with E-state index in [0.29, 0.717) is 37.2 Å². The number of hydrogen-bond donors (Lipinski definition) is 1. The van der Waals surface area contributed by atoms with E-state index in [1.165, 1.54) is 17.0 Å². The molecule has 0 aromatic heterocycles. The second-order valence-corrected chi connectivity index (χ2v) is 8.26. The molecule has 1 unspecified atom stereocenters. The number of carbonyl (C=O) groups is 3. The number of nitrogens with zero attached hydrogens (tertiary/aromatic N) is 3. The van der Waals surface area contributed by atoms with E-state index in [0.717, 1.165) is 18.5 Å². The van der Waals surface area contributed by atoms with Crippen molar-refractivity contribution in [3.05, 3.63) is 59.4 Å². The van der Waals surface area contributed by atoms with Crippen LogP contribution in [0.5, 0.6) is 0 Å². The highest BCUT2D eigenvalue weighted by atomic mass is 32.1. The molecule has 9 heteroatoms. The lowest BCUT2D eigenvalue weighted by Crippen LogP contribution is -2.47. The van der Waals surface area contributed by atoms with Gasteiger partial charge in [0.25, 0.3) is 5.91 Å². The molecule has 0 spiro atoms. The quantitative estimate of drug-likeness (QED) is 0.640. The zero-order valence-corrected chi connectivity index (χ0v) is 18.2. The number of halogens is 1. The minimum Gasteiger partial charge on any atom is -0.348 e. The summed E-state index contributed by atoms with van der Waals surface area (Å²) >= 11 is 5.33. The third-order valence-electron chi connectivity index (χ3n) is 5.69. The Labute approximate surface area is 190 Å². The Kier molecular flexibility index (Phi) is 6.55. The maximum Gasteiger partial charge on any atom is 0.251 e. The predicted molar refractivity (Wildman–Crippen MR) is 121 cm³/mol. The number of hydrogen-bond acceptors (Lipinski definition) is 4. The number of likely N-dealkylation sites (tertiary alicyclic amines) is 1. The van der Waals surface area contributed by atoms with E-state index in [2.05, 4.69) is 10.3 Å². The molecule has 7 nitrogen and oxygen atoms in total. The molecule has 4 rings (SSSR count). The lowest BCUT2D eigenvalue weighted by atomic mass is 9.91. The normalized spacial score (nSPS) is 20.3. The molecule has 0 bridgehead atoms. The number of benzene rings is 1. The van der Waals surface area contributed by atoms with Crippen LogP contribution in [0.3, 0.4) is 0 Å². The minimum atomic E-state index is -0.580. The Balaban J connectivity index is 1.36. The summed E-state index contributed by atoms with van der Waals surface area (Å²) in [6, 6.07) is 5.88. The first kappa shape index (κ1) is 22.0. The molecule has 32 heavy (non-hydrogen) atoms. The standard InChI is InChI=1S/C23H23FN4O3S/c24-17-7-4-15(5-8-17)14-25-21(30)16-6-9-18-19(13-16)26-23(32)28(22(18)31)12-2-11-27-10-1-3-20(27)29/h4-9,13,18H,1-3,10-12,14H2,(H,25,30). The monoisotopic (exact) mass is 454 g/mol. The van der Waals surface area contributed by atoms with Crippen molar-refractivity contribution in [2.24, 2.45) is 10.9 Å². The number of allylic oxidation sites excluding steroid dienone is 1. The van der Waals surface area contributed by atoms with Crippen LogP contribution < -0.4 is 5.32 Å². The maximum absolute atomic E-state index is 13.0. The lowest BCUT2D eigenvalue weighted by molar-refractivity contribution is -0.128. The van der Waals surface area contributed by atoms with Gasteiger partial charge in [-0.3, -0.25) is 19.3 Å². The number of carbonyl (C=O) groups excluding carboxylic acids is 3. The van der Waals surface area contributed by atoms with Gasteiger partial charge in [0.1, 0.15) is 5.82 Å². The van der Waals surface area contributed by atoms with Crippen LogP contribution in [0, 0.1) is 11.7 Å². The maximum atomic E-state index is 13.0. The van der Waals surface area contributed by atoms with Crippen LogP contribution in [0.4, 0.5) is 4.39 Å². The summed E-state index contributed by atoms with van der Waals surface area (Å²) < 4.78 is 13.0. The molecule has 1 aromatic rings. The first-order valence-electron chi connectivity index (χ1n) is 10.6. The molecule has 1 aromatic carbocycles. The average Bonchev–Trinajstić information content (AvgIpc) is 3.19. The first-order chi connectivity index (χ1) is 15.4. The molecular weight excluding hydrogens is 431 g/mol. The molecule has 166 valence electrons. The van der Waals surface area contributed by atoms with Gasteiger partial charge in [-0.05, 0) is 48.8 Å². The zero-order chi connectivity index (χ0) is 22.7.